The molecule has 4 heteroatoms. The summed E-state index contributed by atoms with van der Waals surface area (Å²) in [6.45, 7) is 2.72. The molecular weight excluding hydrogens is 229 g/mol. The van der Waals surface area contributed by atoms with Crippen LogP contribution in [0.4, 0.5) is 4.39 Å². The molecule has 1 aromatic rings. The molecule has 1 N–H and O–H groups in total. The van der Waals surface area contributed by atoms with Gasteiger partial charge in [-0.05, 0) is 50.2 Å². The molecule has 2 rings (SSSR count). The smallest absolute Gasteiger partial charge is 0.124 e. The van der Waals surface area contributed by atoms with E-state index in [0.29, 0.717) is 18.2 Å². The van der Waals surface area contributed by atoms with Crippen molar-refractivity contribution >= 4 is 0 Å². The molecule has 0 radical (unpaired) electrons. The number of benzene rings is 1. The third-order valence-electron chi connectivity index (χ3n) is 3.23. The average molecular weight is 247 g/mol. The van der Waals surface area contributed by atoms with Gasteiger partial charge in [-0.2, -0.15) is 5.26 Å². The van der Waals surface area contributed by atoms with Gasteiger partial charge in [0.1, 0.15) is 5.82 Å². The van der Waals surface area contributed by atoms with Gasteiger partial charge < -0.3 is 10.2 Å². The summed E-state index contributed by atoms with van der Waals surface area (Å²) in [5.74, 6) is -0.337. The van der Waals surface area contributed by atoms with Gasteiger partial charge >= 0.3 is 0 Å². The van der Waals surface area contributed by atoms with Crippen LogP contribution in [0.15, 0.2) is 18.2 Å². The van der Waals surface area contributed by atoms with Crippen LogP contribution < -0.4 is 5.32 Å². The molecule has 1 aliphatic heterocycles. The first kappa shape index (κ1) is 13.0. The molecule has 0 bridgehead atoms. The predicted molar refractivity (Wildman–Crippen MR) is 68.5 cm³/mol. The lowest BCUT2D eigenvalue weighted by Crippen LogP contribution is -2.34. The van der Waals surface area contributed by atoms with E-state index in [-0.39, 0.29) is 5.82 Å². The minimum absolute atomic E-state index is 0.337. The first-order chi connectivity index (χ1) is 8.67. The average Bonchev–Trinajstić information content (AvgIpc) is 2.80. The van der Waals surface area contributed by atoms with E-state index in [1.54, 1.807) is 6.07 Å². The van der Waals surface area contributed by atoms with Gasteiger partial charge in [0, 0.05) is 19.1 Å². The molecule has 1 atom stereocenters. The van der Waals surface area contributed by atoms with Crippen LogP contribution in [0.25, 0.3) is 0 Å². The molecule has 0 aromatic heterocycles. The van der Waals surface area contributed by atoms with Crippen LogP contribution in [0.5, 0.6) is 0 Å². The summed E-state index contributed by atoms with van der Waals surface area (Å²) in [6.07, 6.45) is 2.44. The minimum Gasteiger partial charge on any atom is -0.313 e. The minimum atomic E-state index is -0.337. The van der Waals surface area contributed by atoms with Crippen molar-refractivity contribution in [2.45, 2.75) is 25.4 Å². The monoisotopic (exact) mass is 247 g/mol. The molecule has 1 saturated heterocycles. The van der Waals surface area contributed by atoms with Crippen molar-refractivity contribution in [2.24, 2.45) is 0 Å². The maximum absolute atomic E-state index is 13.3. The molecule has 0 aliphatic carbocycles. The van der Waals surface area contributed by atoms with Crippen molar-refractivity contribution < 1.29 is 4.39 Å². The van der Waals surface area contributed by atoms with Crippen molar-refractivity contribution in [3.63, 3.8) is 0 Å². The molecule has 0 amide bonds. The normalized spacial score (nSPS) is 19.1. The Labute approximate surface area is 107 Å². The maximum atomic E-state index is 13.3. The summed E-state index contributed by atoms with van der Waals surface area (Å²) in [7, 11) is 2.02. The van der Waals surface area contributed by atoms with E-state index < -0.39 is 0 Å². The van der Waals surface area contributed by atoms with Crippen molar-refractivity contribution in [1.29, 1.82) is 5.26 Å². The number of halogens is 1. The molecule has 1 heterocycles. The fraction of sp³-hybridized carbons (Fsp3) is 0.500. The fourth-order valence-electron chi connectivity index (χ4n) is 2.47. The number of hydrogen-bond acceptors (Lipinski definition) is 3. The first-order valence-electron chi connectivity index (χ1n) is 6.29. The maximum Gasteiger partial charge on any atom is 0.124 e. The highest BCUT2D eigenvalue weighted by atomic mass is 19.1. The molecule has 96 valence electrons. The quantitative estimate of drug-likeness (QED) is 0.883. The third-order valence-corrected chi connectivity index (χ3v) is 3.23. The van der Waals surface area contributed by atoms with Gasteiger partial charge in [-0.3, -0.25) is 0 Å². The molecule has 0 saturated carbocycles. The SMILES string of the molecule is CN(Cc1cc(F)cc(C#N)c1)CC1CCCN1. The van der Waals surface area contributed by atoms with Gasteiger partial charge in [0.25, 0.3) is 0 Å². The fourth-order valence-corrected chi connectivity index (χ4v) is 2.47. The number of nitrogens with one attached hydrogen (secondary N) is 1. The summed E-state index contributed by atoms with van der Waals surface area (Å²) in [5, 5.41) is 12.2. The Morgan fingerprint density at radius 2 is 2.33 bits per heavy atom. The van der Waals surface area contributed by atoms with E-state index in [2.05, 4.69) is 10.2 Å². The van der Waals surface area contributed by atoms with Crippen molar-refractivity contribution in [2.75, 3.05) is 20.1 Å². The van der Waals surface area contributed by atoms with Crippen LogP contribution in [0.1, 0.15) is 24.0 Å². The standard InChI is InChI=1S/C14H18FN3/c1-18(10-14-3-2-4-17-14)9-12-5-11(8-16)6-13(15)7-12/h5-7,14,17H,2-4,9-10H2,1H3. The Balaban J connectivity index is 1.95. The highest BCUT2D eigenvalue weighted by molar-refractivity contribution is 5.33. The number of nitrogens with zero attached hydrogens (tertiary/aromatic N) is 2. The molecule has 1 aliphatic rings. The molecule has 3 nitrogen and oxygen atoms in total. The van der Waals surface area contributed by atoms with Gasteiger partial charge in [-0.15, -0.1) is 0 Å². The zero-order valence-electron chi connectivity index (χ0n) is 10.6. The van der Waals surface area contributed by atoms with E-state index in [1.807, 2.05) is 13.1 Å². The van der Waals surface area contributed by atoms with Crippen LogP contribution in [-0.4, -0.2) is 31.1 Å². The van der Waals surface area contributed by atoms with Crippen molar-refractivity contribution in [3.05, 3.63) is 35.1 Å². The number of hydrogen-bond donors (Lipinski definition) is 1. The summed E-state index contributed by atoms with van der Waals surface area (Å²) in [4.78, 5) is 2.17. The number of nitriles is 1. The van der Waals surface area contributed by atoms with Crippen LogP contribution in [-0.2, 0) is 6.54 Å². The lowest BCUT2D eigenvalue weighted by molar-refractivity contribution is 0.293. The summed E-state index contributed by atoms with van der Waals surface area (Å²) in [5.41, 5.74) is 1.24. The predicted octanol–water partition coefficient (Wildman–Crippen LogP) is 1.88. The second kappa shape index (κ2) is 5.94. The van der Waals surface area contributed by atoms with Crippen molar-refractivity contribution in [1.82, 2.24) is 10.2 Å². The molecular formula is C14H18FN3. The third kappa shape index (κ3) is 3.52. The zero-order chi connectivity index (χ0) is 13.0. The van der Waals surface area contributed by atoms with Crippen LogP contribution >= 0.6 is 0 Å². The van der Waals surface area contributed by atoms with E-state index in [4.69, 9.17) is 5.26 Å². The van der Waals surface area contributed by atoms with E-state index >= 15 is 0 Å². The van der Waals surface area contributed by atoms with Crippen LogP contribution in [0.2, 0.25) is 0 Å². The lowest BCUT2D eigenvalue weighted by atomic mass is 10.1. The molecule has 18 heavy (non-hydrogen) atoms. The summed E-state index contributed by atoms with van der Waals surface area (Å²) in [6, 6.07) is 7.04. The van der Waals surface area contributed by atoms with E-state index in [0.717, 1.165) is 18.7 Å². The van der Waals surface area contributed by atoms with Gasteiger partial charge in [-0.25, -0.2) is 4.39 Å². The zero-order valence-corrected chi connectivity index (χ0v) is 10.6. The van der Waals surface area contributed by atoms with Crippen LogP contribution in [0.3, 0.4) is 0 Å². The molecule has 0 spiro atoms. The van der Waals surface area contributed by atoms with Crippen molar-refractivity contribution in [3.8, 4) is 6.07 Å². The van der Waals surface area contributed by atoms with Crippen LogP contribution in [0, 0.1) is 17.1 Å². The highest BCUT2D eigenvalue weighted by Gasteiger charge is 2.16. The molecule has 1 unspecified atom stereocenters. The number of rotatable bonds is 4. The second-order valence-corrected chi connectivity index (χ2v) is 4.95. The van der Waals surface area contributed by atoms with Gasteiger partial charge in [-0.1, -0.05) is 0 Å². The summed E-state index contributed by atoms with van der Waals surface area (Å²) < 4.78 is 13.3. The Hall–Kier alpha value is -1.44. The van der Waals surface area contributed by atoms with E-state index in [9.17, 15) is 4.39 Å². The summed E-state index contributed by atoms with van der Waals surface area (Å²) >= 11 is 0. The lowest BCUT2D eigenvalue weighted by Gasteiger charge is -2.21. The first-order valence-corrected chi connectivity index (χ1v) is 6.29. The van der Waals surface area contributed by atoms with E-state index in [1.165, 1.54) is 25.0 Å². The molecule has 1 fully saturated rings. The Morgan fingerprint density at radius 3 is 3.00 bits per heavy atom. The topological polar surface area (TPSA) is 39.1 Å². The Bertz CT molecular complexity index is 447. The van der Waals surface area contributed by atoms with Gasteiger partial charge in [0.05, 0.1) is 11.6 Å². The van der Waals surface area contributed by atoms with Gasteiger partial charge in [0.15, 0.2) is 0 Å². The highest BCUT2D eigenvalue weighted by Crippen LogP contribution is 2.12. The second-order valence-electron chi connectivity index (χ2n) is 4.95. The van der Waals surface area contributed by atoms with Gasteiger partial charge in [0.2, 0.25) is 0 Å². The largest absolute Gasteiger partial charge is 0.313 e. The Morgan fingerprint density at radius 1 is 1.50 bits per heavy atom. The molecule has 1 aromatic carbocycles. The Kier molecular flexibility index (Phi) is 4.29. The number of likely N-dealkylation sites (N-methyl/N-ethyl adjacent to an activating group) is 1.